The van der Waals surface area contributed by atoms with Crippen LogP contribution in [0.2, 0.25) is 0 Å². The third kappa shape index (κ3) is 2.69. The molecule has 104 valence electrons. The van der Waals surface area contributed by atoms with Crippen molar-refractivity contribution in [2.45, 2.75) is 57.0 Å². The Morgan fingerprint density at radius 1 is 1.39 bits per heavy atom. The van der Waals surface area contributed by atoms with Gasteiger partial charge >= 0.3 is 0 Å². The molecule has 1 heterocycles. The first-order valence-corrected chi connectivity index (χ1v) is 7.20. The van der Waals surface area contributed by atoms with Gasteiger partial charge in [-0.3, -0.25) is 4.79 Å². The zero-order valence-corrected chi connectivity index (χ0v) is 11.7. The van der Waals surface area contributed by atoms with Crippen LogP contribution in [-0.4, -0.2) is 42.6 Å². The molecule has 2 fully saturated rings. The Balaban J connectivity index is 1.91. The number of rotatable bonds is 3. The molecule has 0 aromatic carbocycles. The SMILES string of the molecule is CCC1CCC(N(C)C(=O)C2(N)CCOC2)CC1. The van der Waals surface area contributed by atoms with Gasteiger partial charge in [0.15, 0.2) is 0 Å². The Hall–Kier alpha value is -0.610. The monoisotopic (exact) mass is 254 g/mol. The van der Waals surface area contributed by atoms with Gasteiger partial charge in [-0.15, -0.1) is 0 Å². The summed E-state index contributed by atoms with van der Waals surface area (Å²) >= 11 is 0. The van der Waals surface area contributed by atoms with E-state index in [2.05, 4.69) is 6.92 Å². The maximum Gasteiger partial charge on any atom is 0.245 e. The standard InChI is InChI=1S/C14H26N2O2/c1-3-11-4-6-12(7-5-11)16(2)13(17)14(15)8-9-18-10-14/h11-12H,3-10,15H2,1-2H3. The zero-order chi connectivity index (χ0) is 13.2. The summed E-state index contributed by atoms with van der Waals surface area (Å²) in [5.41, 5.74) is 5.38. The largest absolute Gasteiger partial charge is 0.379 e. The van der Waals surface area contributed by atoms with Crippen LogP contribution in [0.3, 0.4) is 0 Å². The predicted molar refractivity (Wildman–Crippen MR) is 71.2 cm³/mol. The molecule has 1 unspecified atom stereocenters. The first kappa shape index (κ1) is 13.8. The second kappa shape index (κ2) is 5.57. The second-order valence-corrected chi connectivity index (χ2v) is 5.96. The van der Waals surface area contributed by atoms with Crippen molar-refractivity contribution in [1.82, 2.24) is 4.90 Å². The Bertz CT molecular complexity index is 292. The Kier molecular flexibility index (Phi) is 4.28. The Morgan fingerprint density at radius 3 is 2.56 bits per heavy atom. The van der Waals surface area contributed by atoms with Gasteiger partial charge in [0, 0.05) is 19.7 Å². The molecule has 0 aromatic rings. The van der Waals surface area contributed by atoms with Crippen molar-refractivity contribution in [1.29, 1.82) is 0 Å². The van der Waals surface area contributed by atoms with E-state index in [1.165, 1.54) is 19.3 Å². The molecule has 2 rings (SSSR count). The van der Waals surface area contributed by atoms with E-state index >= 15 is 0 Å². The van der Waals surface area contributed by atoms with Crippen LogP contribution in [0.25, 0.3) is 0 Å². The molecule has 1 aliphatic carbocycles. The number of amides is 1. The van der Waals surface area contributed by atoms with Crippen molar-refractivity contribution >= 4 is 5.91 Å². The highest BCUT2D eigenvalue weighted by Gasteiger charge is 2.42. The van der Waals surface area contributed by atoms with E-state index in [9.17, 15) is 4.79 Å². The van der Waals surface area contributed by atoms with Gasteiger partial charge in [-0.25, -0.2) is 0 Å². The highest BCUT2D eigenvalue weighted by atomic mass is 16.5. The van der Waals surface area contributed by atoms with Crippen molar-refractivity contribution in [3.05, 3.63) is 0 Å². The lowest BCUT2D eigenvalue weighted by atomic mass is 9.83. The molecule has 0 aromatic heterocycles. The average Bonchev–Trinajstić information content (AvgIpc) is 2.85. The number of likely N-dealkylation sites (N-methyl/N-ethyl adjacent to an activating group) is 1. The average molecular weight is 254 g/mol. The van der Waals surface area contributed by atoms with Crippen molar-refractivity contribution in [2.24, 2.45) is 11.7 Å². The first-order valence-electron chi connectivity index (χ1n) is 7.20. The summed E-state index contributed by atoms with van der Waals surface area (Å²) in [6.45, 7) is 3.24. The fourth-order valence-corrected chi connectivity index (χ4v) is 3.21. The first-order chi connectivity index (χ1) is 8.57. The number of nitrogens with two attached hydrogens (primary N) is 1. The zero-order valence-electron chi connectivity index (χ0n) is 11.7. The van der Waals surface area contributed by atoms with Gasteiger partial charge in [0.1, 0.15) is 5.54 Å². The van der Waals surface area contributed by atoms with Crippen LogP contribution in [0.4, 0.5) is 0 Å². The van der Waals surface area contributed by atoms with Crippen molar-refractivity contribution in [3.63, 3.8) is 0 Å². The number of nitrogens with zero attached hydrogens (tertiary/aromatic N) is 1. The highest BCUT2D eigenvalue weighted by Crippen LogP contribution is 2.30. The number of carbonyl (C=O) groups is 1. The van der Waals surface area contributed by atoms with Crippen LogP contribution in [0.5, 0.6) is 0 Å². The molecule has 2 aliphatic rings. The van der Waals surface area contributed by atoms with Crippen molar-refractivity contribution in [3.8, 4) is 0 Å². The number of carbonyl (C=O) groups excluding carboxylic acids is 1. The number of hydrogen-bond acceptors (Lipinski definition) is 3. The minimum absolute atomic E-state index is 0.0694. The van der Waals surface area contributed by atoms with E-state index in [-0.39, 0.29) is 5.91 Å². The molecular formula is C14H26N2O2. The summed E-state index contributed by atoms with van der Waals surface area (Å²) in [5, 5.41) is 0. The van der Waals surface area contributed by atoms with Crippen LogP contribution in [0, 0.1) is 5.92 Å². The fourth-order valence-electron chi connectivity index (χ4n) is 3.21. The highest BCUT2D eigenvalue weighted by molar-refractivity contribution is 5.86. The van der Waals surface area contributed by atoms with E-state index < -0.39 is 5.54 Å². The molecule has 18 heavy (non-hydrogen) atoms. The fraction of sp³-hybridized carbons (Fsp3) is 0.929. The summed E-state index contributed by atoms with van der Waals surface area (Å²) in [6.07, 6.45) is 6.65. The van der Waals surface area contributed by atoms with Gasteiger partial charge in [0.05, 0.1) is 6.61 Å². The Labute approximate surface area is 110 Å². The summed E-state index contributed by atoms with van der Waals surface area (Å²) in [7, 11) is 1.91. The van der Waals surface area contributed by atoms with Crippen LogP contribution in [0.1, 0.15) is 45.4 Å². The van der Waals surface area contributed by atoms with Crippen LogP contribution < -0.4 is 5.73 Å². The lowest BCUT2D eigenvalue weighted by Gasteiger charge is -2.37. The second-order valence-electron chi connectivity index (χ2n) is 5.96. The van der Waals surface area contributed by atoms with Crippen LogP contribution in [0.15, 0.2) is 0 Å². The van der Waals surface area contributed by atoms with Crippen LogP contribution >= 0.6 is 0 Å². The number of hydrogen-bond donors (Lipinski definition) is 1. The number of ether oxygens (including phenoxy) is 1. The minimum Gasteiger partial charge on any atom is -0.379 e. The van der Waals surface area contributed by atoms with E-state index in [1.807, 2.05) is 11.9 Å². The van der Waals surface area contributed by atoms with Crippen molar-refractivity contribution < 1.29 is 9.53 Å². The summed E-state index contributed by atoms with van der Waals surface area (Å²) in [6, 6.07) is 0.376. The molecule has 4 nitrogen and oxygen atoms in total. The maximum atomic E-state index is 12.4. The quantitative estimate of drug-likeness (QED) is 0.831. The summed E-state index contributed by atoms with van der Waals surface area (Å²) in [5.74, 6) is 0.923. The van der Waals surface area contributed by atoms with Crippen LogP contribution in [-0.2, 0) is 9.53 Å². The molecule has 0 bridgehead atoms. The van der Waals surface area contributed by atoms with E-state index in [0.29, 0.717) is 25.7 Å². The van der Waals surface area contributed by atoms with E-state index in [0.717, 1.165) is 18.8 Å². The van der Waals surface area contributed by atoms with Gasteiger partial charge in [0.25, 0.3) is 0 Å². The normalized spacial score (nSPS) is 36.6. The maximum absolute atomic E-state index is 12.4. The molecule has 1 saturated heterocycles. The van der Waals surface area contributed by atoms with Crippen molar-refractivity contribution in [2.75, 3.05) is 20.3 Å². The third-order valence-electron chi connectivity index (χ3n) is 4.74. The smallest absolute Gasteiger partial charge is 0.245 e. The van der Waals surface area contributed by atoms with Gasteiger partial charge in [0.2, 0.25) is 5.91 Å². The lowest BCUT2D eigenvalue weighted by Crippen LogP contribution is -2.57. The van der Waals surface area contributed by atoms with Gasteiger partial charge in [-0.1, -0.05) is 13.3 Å². The lowest BCUT2D eigenvalue weighted by molar-refractivity contribution is -0.138. The van der Waals surface area contributed by atoms with Gasteiger partial charge in [-0.05, 0) is 38.0 Å². The third-order valence-corrected chi connectivity index (χ3v) is 4.74. The molecule has 0 radical (unpaired) electrons. The van der Waals surface area contributed by atoms with E-state index in [1.54, 1.807) is 0 Å². The molecular weight excluding hydrogens is 228 g/mol. The molecule has 1 saturated carbocycles. The molecule has 1 amide bonds. The van der Waals surface area contributed by atoms with E-state index in [4.69, 9.17) is 10.5 Å². The molecule has 0 spiro atoms. The molecule has 1 atom stereocenters. The Morgan fingerprint density at radius 2 is 2.06 bits per heavy atom. The molecule has 2 N–H and O–H groups in total. The molecule has 1 aliphatic heterocycles. The predicted octanol–water partition coefficient (Wildman–Crippen LogP) is 1.53. The minimum atomic E-state index is -0.768. The summed E-state index contributed by atoms with van der Waals surface area (Å²) in [4.78, 5) is 14.3. The summed E-state index contributed by atoms with van der Waals surface area (Å²) < 4.78 is 5.28. The molecule has 4 heteroatoms. The topological polar surface area (TPSA) is 55.6 Å². The van der Waals surface area contributed by atoms with Gasteiger partial charge in [-0.2, -0.15) is 0 Å². The van der Waals surface area contributed by atoms with Gasteiger partial charge < -0.3 is 15.4 Å².